The summed E-state index contributed by atoms with van der Waals surface area (Å²) in [6, 6.07) is 15.8. The number of carbonyl (C=O) groups is 3. The molecule has 1 heterocycles. The summed E-state index contributed by atoms with van der Waals surface area (Å²) in [6.07, 6.45) is -1.11. The quantitative estimate of drug-likeness (QED) is 0.660. The summed E-state index contributed by atoms with van der Waals surface area (Å²) in [4.78, 5) is 38.6. The molecule has 2 aromatic rings. The molecule has 3 amide bonds. The fraction of sp³-hybridized carbons (Fsp3) is 0.348. The van der Waals surface area contributed by atoms with Crippen LogP contribution in [0.15, 0.2) is 54.6 Å². The number of ether oxygens (including phenoxy) is 2. The van der Waals surface area contributed by atoms with Gasteiger partial charge in [0.15, 0.2) is 6.10 Å². The molecule has 31 heavy (non-hydrogen) atoms. The van der Waals surface area contributed by atoms with E-state index in [-0.39, 0.29) is 6.54 Å². The van der Waals surface area contributed by atoms with Crippen molar-refractivity contribution in [2.24, 2.45) is 0 Å². The van der Waals surface area contributed by atoms with E-state index in [1.54, 1.807) is 12.1 Å². The smallest absolute Gasteiger partial charge is 0.338 e. The minimum absolute atomic E-state index is 0.283. The SMILES string of the molecule is C[C@H](OC(=O)c1ccc(CN2CCOCC2)cc1)C(=O)NC(=O)NCc1ccccc1. The molecule has 1 aliphatic rings. The number of rotatable bonds is 7. The predicted octanol–water partition coefficient (Wildman–Crippen LogP) is 2.09. The van der Waals surface area contributed by atoms with Crippen molar-refractivity contribution in [1.29, 1.82) is 0 Å². The van der Waals surface area contributed by atoms with Crippen LogP contribution in [0.3, 0.4) is 0 Å². The van der Waals surface area contributed by atoms with Gasteiger partial charge in [0, 0.05) is 26.2 Å². The van der Waals surface area contributed by atoms with Crippen LogP contribution in [0.5, 0.6) is 0 Å². The number of hydrogen-bond donors (Lipinski definition) is 2. The van der Waals surface area contributed by atoms with Crippen LogP contribution < -0.4 is 10.6 Å². The summed E-state index contributed by atoms with van der Waals surface area (Å²) in [6.45, 7) is 5.72. The molecule has 0 spiro atoms. The molecule has 2 aromatic carbocycles. The Kier molecular flexibility index (Phi) is 8.14. The zero-order valence-electron chi connectivity index (χ0n) is 17.5. The molecule has 8 nitrogen and oxygen atoms in total. The second-order valence-electron chi connectivity index (χ2n) is 7.29. The highest BCUT2D eigenvalue weighted by atomic mass is 16.5. The van der Waals surface area contributed by atoms with Gasteiger partial charge < -0.3 is 14.8 Å². The van der Waals surface area contributed by atoms with Crippen molar-refractivity contribution < 1.29 is 23.9 Å². The first-order valence-electron chi connectivity index (χ1n) is 10.2. The Labute approximate surface area is 181 Å². The topological polar surface area (TPSA) is 97.0 Å². The van der Waals surface area contributed by atoms with Crippen LogP contribution in [0.25, 0.3) is 0 Å². The lowest BCUT2D eigenvalue weighted by atomic mass is 10.1. The molecular formula is C23H27N3O5. The molecule has 8 heteroatoms. The molecule has 1 aliphatic heterocycles. The van der Waals surface area contributed by atoms with Gasteiger partial charge in [-0.05, 0) is 30.2 Å². The highest BCUT2D eigenvalue weighted by Gasteiger charge is 2.21. The third-order valence-electron chi connectivity index (χ3n) is 4.89. The van der Waals surface area contributed by atoms with Crippen LogP contribution in [-0.2, 0) is 27.4 Å². The summed E-state index contributed by atoms with van der Waals surface area (Å²) in [5.74, 6) is -1.31. The van der Waals surface area contributed by atoms with E-state index in [1.807, 2.05) is 42.5 Å². The lowest BCUT2D eigenvalue weighted by molar-refractivity contribution is -0.127. The summed E-state index contributed by atoms with van der Waals surface area (Å²) in [5.41, 5.74) is 2.33. The summed E-state index contributed by atoms with van der Waals surface area (Å²) < 4.78 is 10.5. The molecule has 2 N–H and O–H groups in total. The third-order valence-corrected chi connectivity index (χ3v) is 4.89. The second-order valence-corrected chi connectivity index (χ2v) is 7.29. The summed E-state index contributed by atoms with van der Waals surface area (Å²) in [7, 11) is 0. The normalized spacial score (nSPS) is 15.0. The maximum absolute atomic E-state index is 12.3. The molecule has 0 aliphatic carbocycles. The Balaban J connectivity index is 1.43. The van der Waals surface area contributed by atoms with Gasteiger partial charge in [-0.3, -0.25) is 15.0 Å². The Morgan fingerprint density at radius 1 is 1.00 bits per heavy atom. The standard InChI is InChI=1S/C23H27N3O5/c1-17(21(27)25-23(29)24-15-18-5-3-2-4-6-18)31-22(28)20-9-7-19(8-10-20)16-26-11-13-30-14-12-26/h2-10,17H,11-16H2,1H3,(H2,24,25,27,29)/t17-/m0/s1. The van der Waals surface area contributed by atoms with Crippen molar-refractivity contribution in [3.8, 4) is 0 Å². The van der Waals surface area contributed by atoms with Gasteiger partial charge in [0.1, 0.15) is 0 Å². The maximum atomic E-state index is 12.3. The number of esters is 1. The number of nitrogens with one attached hydrogen (secondary N) is 2. The Hall–Kier alpha value is -3.23. The molecule has 0 aromatic heterocycles. The number of hydrogen-bond acceptors (Lipinski definition) is 6. The zero-order valence-corrected chi connectivity index (χ0v) is 17.5. The van der Waals surface area contributed by atoms with Gasteiger partial charge in [0.2, 0.25) is 0 Å². The molecule has 1 fully saturated rings. The van der Waals surface area contributed by atoms with Crippen LogP contribution >= 0.6 is 0 Å². The van der Waals surface area contributed by atoms with Gasteiger partial charge >= 0.3 is 12.0 Å². The number of imide groups is 1. The van der Waals surface area contributed by atoms with Crippen LogP contribution in [0.1, 0.15) is 28.4 Å². The highest BCUT2D eigenvalue weighted by molar-refractivity contribution is 5.98. The van der Waals surface area contributed by atoms with Crippen LogP contribution in [0.2, 0.25) is 0 Å². The van der Waals surface area contributed by atoms with E-state index in [2.05, 4.69) is 15.5 Å². The first-order valence-corrected chi connectivity index (χ1v) is 10.2. The molecule has 3 rings (SSSR count). The van der Waals surface area contributed by atoms with Crippen molar-refractivity contribution in [1.82, 2.24) is 15.5 Å². The highest BCUT2D eigenvalue weighted by Crippen LogP contribution is 2.11. The average Bonchev–Trinajstić information content (AvgIpc) is 2.79. The number of amides is 3. The van der Waals surface area contributed by atoms with E-state index in [0.29, 0.717) is 5.56 Å². The number of nitrogens with zero attached hydrogens (tertiary/aromatic N) is 1. The number of morpholine rings is 1. The number of urea groups is 1. The van der Waals surface area contributed by atoms with E-state index in [0.717, 1.165) is 44.0 Å². The first kappa shape index (κ1) is 22.5. The lowest BCUT2D eigenvalue weighted by Crippen LogP contribution is -2.44. The van der Waals surface area contributed by atoms with Crippen LogP contribution in [-0.4, -0.2) is 55.2 Å². The zero-order chi connectivity index (χ0) is 22.1. The fourth-order valence-corrected chi connectivity index (χ4v) is 3.08. The monoisotopic (exact) mass is 425 g/mol. The molecule has 164 valence electrons. The molecule has 0 saturated carbocycles. The van der Waals surface area contributed by atoms with Gasteiger partial charge in [0.05, 0.1) is 18.8 Å². The summed E-state index contributed by atoms with van der Waals surface area (Å²) >= 11 is 0. The van der Waals surface area contributed by atoms with Crippen molar-refractivity contribution >= 4 is 17.9 Å². The molecule has 1 atom stereocenters. The van der Waals surface area contributed by atoms with Gasteiger partial charge in [-0.2, -0.15) is 0 Å². The predicted molar refractivity (Wildman–Crippen MR) is 114 cm³/mol. The molecule has 0 radical (unpaired) electrons. The van der Waals surface area contributed by atoms with Crippen LogP contribution in [0.4, 0.5) is 4.79 Å². The fourth-order valence-electron chi connectivity index (χ4n) is 3.08. The van der Waals surface area contributed by atoms with E-state index in [1.165, 1.54) is 6.92 Å². The van der Waals surface area contributed by atoms with Crippen molar-refractivity contribution in [3.05, 3.63) is 71.3 Å². The minimum Gasteiger partial charge on any atom is -0.449 e. The van der Waals surface area contributed by atoms with Crippen LogP contribution in [0, 0.1) is 0 Å². The number of benzene rings is 2. The molecular weight excluding hydrogens is 398 g/mol. The van der Waals surface area contributed by atoms with E-state index in [4.69, 9.17) is 9.47 Å². The van der Waals surface area contributed by atoms with Crippen molar-refractivity contribution in [2.75, 3.05) is 26.3 Å². The van der Waals surface area contributed by atoms with Gasteiger partial charge in [-0.15, -0.1) is 0 Å². The molecule has 1 saturated heterocycles. The lowest BCUT2D eigenvalue weighted by Gasteiger charge is -2.26. The van der Waals surface area contributed by atoms with Gasteiger partial charge in [-0.25, -0.2) is 9.59 Å². The minimum atomic E-state index is -1.11. The first-order chi connectivity index (χ1) is 15.0. The molecule has 0 bridgehead atoms. The number of carbonyl (C=O) groups excluding carboxylic acids is 3. The van der Waals surface area contributed by atoms with E-state index in [9.17, 15) is 14.4 Å². The average molecular weight is 425 g/mol. The van der Waals surface area contributed by atoms with Crippen molar-refractivity contribution in [3.63, 3.8) is 0 Å². The van der Waals surface area contributed by atoms with E-state index >= 15 is 0 Å². The Bertz CT molecular complexity index is 880. The van der Waals surface area contributed by atoms with Gasteiger partial charge in [0.25, 0.3) is 5.91 Å². The second kappa shape index (κ2) is 11.2. The summed E-state index contributed by atoms with van der Waals surface area (Å²) in [5, 5.41) is 4.77. The Morgan fingerprint density at radius 2 is 1.68 bits per heavy atom. The largest absolute Gasteiger partial charge is 0.449 e. The van der Waals surface area contributed by atoms with E-state index < -0.39 is 24.0 Å². The molecule has 0 unspecified atom stereocenters. The Morgan fingerprint density at radius 3 is 2.35 bits per heavy atom. The van der Waals surface area contributed by atoms with Gasteiger partial charge in [-0.1, -0.05) is 42.5 Å². The van der Waals surface area contributed by atoms with Crippen molar-refractivity contribution in [2.45, 2.75) is 26.1 Å². The maximum Gasteiger partial charge on any atom is 0.338 e. The third kappa shape index (κ3) is 7.20.